The summed E-state index contributed by atoms with van der Waals surface area (Å²) >= 11 is 1.09. The molecule has 1 aromatic carbocycles. The lowest BCUT2D eigenvalue weighted by atomic mass is 10.2. The van der Waals surface area contributed by atoms with Crippen LogP contribution in [0.3, 0.4) is 0 Å². The molecular formula is C18H19N3O3S. The molecule has 1 heterocycles. The van der Waals surface area contributed by atoms with Crippen molar-refractivity contribution in [1.29, 1.82) is 5.26 Å². The molecule has 0 bridgehead atoms. The summed E-state index contributed by atoms with van der Waals surface area (Å²) in [5.74, 6) is -0.716. The molecule has 0 saturated carbocycles. The largest absolute Gasteiger partial charge is 0.462 e. The molecule has 6 nitrogen and oxygen atoms in total. The first-order valence-electron chi connectivity index (χ1n) is 7.86. The lowest BCUT2D eigenvalue weighted by molar-refractivity contribution is -0.136. The van der Waals surface area contributed by atoms with Crippen molar-refractivity contribution < 1.29 is 9.53 Å². The number of ether oxygens (including phenoxy) is 1. The third kappa shape index (κ3) is 4.17. The molecule has 130 valence electrons. The van der Waals surface area contributed by atoms with Gasteiger partial charge in [-0.1, -0.05) is 12.1 Å². The highest BCUT2D eigenvalue weighted by Crippen LogP contribution is 2.08. The zero-order chi connectivity index (χ0) is 18.4. The minimum absolute atomic E-state index is 0.152. The fourth-order valence-electron chi connectivity index (χ4n) is 2.26. The first-order valence-corrected chi connectivity index (χ1v) is 8.68. The molecule has 2 aromatic rings. The topological polar surface area (TPSA) is 84.1 Å². The summed E-state index contributed by atoms with van der Waals surface area (Å²) in [4.78, 5) is 24.5. The van der Waals surface area contributed by atoms with E-state index in [4.69, 9.17) is 4.74 Å². The monoisotopic (exact) mass is 357 g/mol. The summed E-state index contributed by atoms with van der Waals surface area (Å²) < 4.78 is 7.04. The predicted octanol–water partition coefficient (Wildman–Crippen LogP) is 1.33. The highest BCUT2D eigenvalue weighted by Gasteiger charge is 2.16. The number of hydrogen-bond donors (Lipinski definition) is 1. The molecule has 0 unspecified atom stereocenters. The van der Waals surface area contributed by atoms with Crippen LogP contribution in [0.15, 0.2) is 29.1 Å². The Morgan fingerprint density at radius 3 is 2.80 bits per heavy atom. The summed E-state index contributed by atoms with van der Waals surface area (Å²) in [5, 5.41) is 12.4. The number of rotatable bonds is 5. The molecule has 0 amide bonds. The van der Waals surface area contributed by atoms with Gasteiger partial charge in [-0.05, 0) is 38.5 Å². The van der Waals surface area contributed by atoms with Crippen molar-refractivity contribution in [3.8, 4) is 6.07 Å². The molecule has 0 fully saturated rings. The average molecular weight is 357 g/mol. The van der Waals surface area contributed by atoms with Crippen LogP contribution >= 0.6 is 11.3 Å². The van der Waals surface area contributed by atoms with Crippen molar-refractivity contribution in [2.45, 2.75) is 27.3 Å². The van der Waals surface area contributed by atoms with Crippen molar-refractivity contribution in [2.24, 2.45) is 0 Å². The highest BCUT2D eigenvalue weighted by molar-refractivity contribution is 7.07. The van der Waals surface area contributed by atoms with Crippen LogP contribution in [-0.2, 0) is 16.1 Å². The molecule has 2 rings (SSSR count). The minimum atomic E-state index is -0.716. The number of nitriles is 1. The van der Waals surface area contributed by atoms with Gasteiger partial charge in [-0.3, -0.25) is 9.36 Å². The number of esters is 1. The second-order valence-corrected chi connectivity index (χ2v) is 6.22. The summed E-state index contributed by atoms with van der Waals surface area (Å²) in [6, 6.07) is 9.59. The number of aromatic nitrogens is 1. The van der Waals surface area contributed by atoms with Crippen LogP contribution in [0, 0.1) is 18.3 Å². The minimum Gasteiger partial charge on any atom is -0.462 e. The molecule has 0 saturated heterocycles. The molecular weight excluding hydrogens is 338 g/mol. The number of benzene rings is 1. The van der Waals surface area contributed by atoms with E-state index in [1.54, 1.807) is 20.0 Å². The van der Waals surface area contributed by atoms with E-state index in [2.05, 4.69) is 5.32 Å². The van der Waals surface area contributed by atoms with E-state index in [1.165, 1.54) is 4.57 Å². The maximum absolute atomic E-state index is 12.5. The zero-order valence-corrected chi connectivity index (χ0v) is 15.1. The third-order valence-electron chi connectivity index (χ3n) is 3.42. The van der Waals surface area contributed by atoms with Gasteiger partial charge >= 0.3 is 5.97 Å². The molecule has 0 atom stereocenters. The van der Waals surface area contributed by atoms with E-state index in [0.717, 1.165) is 22.6 Å². The quantitative estimate of drug-likeness (QED) is 0.816. The van der Waals surface area contributed by atoms with E-state index in [-0.39, 0.29) is 17.7 Å². The van der Waals surface area contributed by atoms with E-state index in [9.17, 15) is 14.9 Å². The lowest BCUT2D eigenvalue weighted by Crippen LogP contribution is -2.32. The second kappa shape index (κ2) is 8.31. The molecule has 1 N–H and O–H groups in total. The first-order chi connectivity index (χ1) is 12.0. The van der Waals surface area contributed by atoms with Gasteiger partial charge in [-0.25, -0.2) is 4.79 Å². The Bertz CT molecular complexity index is 996. The maximum atomic E-state index is 12.5. The molecule has 7 heteroatoms. The average Bonchev–Trinajstić information content (AvgIpc) is 2.89. The fourth-order valence-corrected chi connectivity index (χ4v) is 3.34. The van der Waals surface area contributed by atoms with Gasteiger partial charge in [0, 0.05) is 18.4 Å². The van der Waals surface area contributed by atoms with E-state index >= 15 is 0 Å². The van der Waals surface area contributed by atoms with E-state index in [1.807, 2.05) is 37.3 Å². The smallest absolute Gasteiger partial charge is 0.351 e. The number of thiazole rings is 1. The molecule has 1 aromatic heterocycles. The Balaban J connectivity index is 2.58. The third-order valence-corrected chi connectivity index (χ3v) is 4.55. The van der Waals surface area contributed by atoms with Gasteiger partial charge in [0.25, 0.3) is 5.56 Å². The second-order valence-electron chi connectivity index (χ2n) is 5.19. The molecule has 0 aliphatic rings. The summed E-state index contributed by atoms with van der Waals surface area (Å²) in [5.41, 5.74) is 1.55. The van der Waals surface area contributed by atoms with Gasteiger partial charge in [0.1, 0.15) is 15.3 Å². The lowest BCUT2D eigenvalue weighted by Gasteiger charge is -2.00. The van der Waals surface area contributed by atoms with Gasteiger partial charge < -0.3 is 10.1 Å². The first kappa shape index (κ1) is 18.5. The Morgan fingerprint density at radius 1 is 1.44 bits per heavy atom. The number of nitrogens with one attached hydrogen (secondary N) is 1. The zero-order valence-electron chi connectivity index (χ0n) is 14.3. The summed E-state index contributed by atoms with van der Waals surface area (Å²) in [6.07, 6.45) is 1.59. The van der Waals surface area contributed by atoms with Crippen LogP contribution in [0.1, 0.15) is 19.4 Å². The van der Waals surface area contributed by atoms with Crippen LogP contribution in [0.4, 0.5) is 5.69 Å². The van der Waals surface area contributed by atoms with Gasteiger partial charge in [-0.15, -0.1) is 11.3 Å². The van der Waals surface area contributed by atoms with Crippen molar-refractivity contribution in [3.63, 3.8) is 0 Å². The highest BCUT2D eigenvalue weighted by atomic mass is 32.1. The molecule has 0 aliphatic heterocycles. The number of nitrogens with zero attached hydrogens (tertiary/aromatic N) is 2. The SMILES string of the molecule is CCOC(=O)C(C#N)=c1sc(=CNc2cccc(C)c2)c(=O)n1CC. The van der Waals surface area contributed by atoms with Crippen LogP contribution in [0.2, 0.25) is 0 Å². The Kier molecular flexibility index (Phi) is 6.14. The number of anilines is 1. The number of aryl methyl sites for hydroxylation is 1. The fraction of sp³-hybridized carbons (Fsp3) is 0.278. The van der Waals surface area contributed by atoms with Gasteiger partial charge in [0.15, 0.2) is 5.57 Å². The van der Waals surface area contributed by atoms with Crippen molar-refractivity contribution in [1.82, 2.24) is 4.57 Å². The van der Waals surface area contributed by atoms with Crippen LogP contribution in [0.5, 0.6) is 0 Å². The summed E-state index contributed by atoms with van der Waals surface area (Å²) in [6.45, 7) is 5.95. The Labute approximate surface area is 149 Å². The number of hydrogen-bond acceptors (Lipinski definition) is 6. The standard InChI is InChI=1S/C18H19N3O3S/c1-4-21-16(22)15(11-20-13-8-6-7-12(3)9-13)25-17(21)14(10-19)18(23)24-5-2/h6-9,11,20H,4-5H2,1-3H3. The molecule has 0 radical (unpaired) electrons. The van der Waals surface area contributed by atoms with Crippen LogP contribution in [0.25, 0.3) is 11.8 Å². The molecule has 0 spiro atoms. The van der Waals surface area contributed by atoms with Crippen LogP contribution in [-0.4, -0.2) is 17.1 Å². The van der Waals surface area contributed by atoms with E-state index < -0.39 is 5.97 Å². The van der Waals surface area contributed by atoms with Crippen molar-refractivity contribution in [2.75, 3.05) is 11.9 Å². The number of carbonyl (C=O) groups excluding carboxylic acids is 1. The van der Waals surface area contributed by atoms with Gasteiger partial charge in [-0.2, -0.15) is 5.26 Å². The van der Waals surface area contributed by atoms with Crippen molar-refractivity contribution >= 4 is 34.8 Å². The normalized spacial score (nSPS) is 12.5. The van der Waals surface area contributed by atoms with Gasteiger partial charge in [0.2, 0.25) is 0 Å². The van der Waals surface area contributed by atoms with E-state index in [0.29, 0.717) is 15.7 Å². The molecule has 0 aliphatic carbocycles. The number of carbonyl (C=O) groups is 1. The van der Waals surface area contributed by atoms with Crippen LogP contribution < -0.4 is 20.1 Å². The Morgan fingerprint density at radius 2 is 2.20 bits per heavy atom. The van der Waals surface area contributed by atoms with Gasteiger partial charge in [0.05, 0.1) is 6.61 Å². The predicted molar refractivity (Wildman–Crippen MR) is 98.4 cm³/mol. The summed E-state index contributed by atoms with van der Waals surface area (Å²) in [7, 11) is 0. The maximum Gasteiger partial charge on any atom is 0.351 e. The molecule has 25 heavy (non-hydrogen) atoms. The van der Waals surface area contributed by atoms with Crippen molar-refractivity contribution in [3.05, 3.63) is 49.4 Å². The Hall–Kier alpha value is -2.85.